The van der Waals surface area contributed by atoms with E-state index < -0.39 is 0 Å². The third-order valence-electron chi connectivity index (χ3n) is 3.98. The van der Waals surface area contributed by atoms with E-state index >= 15 is 0 Å². The summed E-state index contributed by atoms with van der Waals surface area (Å²) < 4.78 is 15.6. The number of carbonyl (C=O) groups is 1. The minimum Gasteiger partial charge on any atom is -0.347 e. The van der Waals surface area contributed by atoms with E-state index in [-0.39, 0.29) is 11.8 Å². The molecule has 2 heterocycles. The molecule has 1 aliphatic heterocycles. The van der Waals surface area contributed by atoms with Crippen LogP contribution < -0.4 is 5.32 Å². The van der Waals surface area contributed by atoms with Crippen molar-refractivity contribution in [3.05, 3.63) is 35.3 Å². The van der Waals surface area contributed by atoms with Gasteiger partial charge in [0, 0.05) is 55.3 Å². The molecular weight excluding hydrogens is 257 g/mol. The van der Waals surface area contributed by atoms with E-state index in [2.05, 4.69) is 9.88 Å². The second-order valence-corrected chi connectivity index (χ2v) is 5.15. The van der Waals surface area contributed by atoms with Gasteiger partial charge in [-0.1, -0.05) is 0 Å². The molecule has 0 bridgehead atoms. The fourth-order valence-corrected chi connectivity index (χ4v) is 2.99. The molecule has 0 saturated carbocycles. The summed E-state index contributed by atoms with van der Waals surface area (Å²) in [4.78, 5) is 13.7. The Bertz CT molecular complexity index is 677. The molecule has 0 radical (unpaired) electrons. The zero-order chi connectivity index (χ0) is 14.3. The van der Waals surface area contributed by atoms with Gasteiger partial charge in [-0.2, -0.15) is 0 Å². The molecule has 106 valence electrons. The van der Waals surface area contributed by atoms with Gasteiger partial charge in [0.1, 0.15) is 5.82 Å². The van der Waals surface area contributed by atoms with Gasteiger partial charge in [-0.25, -0.2) is 9.18 Å². The minimum absolute atomic E-state index is 0.0495. The smallest absolute Gasteiger partial charge is 0.317 e. The summed E-state index contributed by atoms with van der Waals surface area (Å²) in [5, 5.41) is 3.73. The lowest BCUT2D eigenvalue weighted by Crippen LogP contribution is -2.42. The van der Waals surface area contributed by atoms with Gasteiger partial charge in [0.05, 0.1) is 0 Å². The highest BCUT2D eigenvalue weighted by atomic mass is 19.1. The van der Waals surface area contributed by atoms with E-state index in [1.54, 1.807) is 17.0 Å². The maximum atomic E-state index is 13.5. The van der Waals surface area contributed by atoms with E-state index in [1.165, 1.54) is 11.8 Å². The van der Waals surface area contributed by atoms with Gasteiger partial charge in [-0.05, 0) is 25.1 Å². The van der Waals surface area contributed by atoms with Crippen molar-refractivity contribution in [1.82, 2.24) is 14.8 Å². The molecule has 0 aliphatic carbocycles. The highest BCUT2D eigenvalue weighted by Gasteiger charge is 2.25. The third-order valence-corrected chi connectivity index (χ3v) is 3.98. The number of amides is 2. The summed E-state index contributed by atoms with van der Waals surface area (Å²) in [5.41, 5.74) is 3.29. The van der Waals surface area contributed by atoms with Crippen molar-refractivity contribution in [2.24, 2.45) is 7.05 Å². The third kappa shape index (κ3) is 1.94. The van der Waals surface area contributed by atoms with E-state index in [4.69, 9.17) is 0 Å². The lowest BCUT2D eigenvalue weighted by molar-refractivity contribution is 0.192. The van der Waals surface area contributed by atoms with Crippen LogP contribution in [0.3, 0.4) is 0 Å². The molecule has 4 nitrogen and oxygen atoms in total. The lowest BCUT2D eigenvalue weighted by atomic mass is 10.0. The average Bonchev–Trinajstić information content (AvgIpc) is 2.72. The second kappa shape index (κ2) is 4.81. The van der Waals surface area contributed by atoms with E-state index in [1.807, 2.05) is 14.0 Å². The highest BCUT2D eigenvalue weighted by Crippen LogP contribution is 2.30. The summed E-state index contributed by atoms with van der Waals surface area (Å²) in [6, 6.07) is 4.80. The van der Waals surface area contributed by atoms with Crippen LogP contribution in [0, 0.1) is 5.82 Å². The molecule has 0 saturated heterocycles. The number of hydrogen-bond donors (Lipinski definition) is 1. The number of aryl methyl sites for hydroxylation is 1. The number of hydrogen-bond acceptors (Lipinski definition) is 1. The molecule has 2 amide bonds. The normalized spacial score (nSPS) is 14.4. The van der Waals surface area contributed by atoms with Gasteiger partial charge in [0.2, 0.25) is 0 Å². The summed E-state index contributed by atoms with van der Waals surface area (Å²) >= 11 is 0. The average molecular weight is 275 g/mol. The fourth-order valence-electron chi connectivity index (χ4n) is 2.99. The van der Waals surface area contributed by atoms with E-state index in [0.717, 1.165) is 22.9 Å². The Morgan fingerprint density at radius 2 is 2.25 bits per heavy atom. The van der Waals surface area contributed by atoms with E-state index in [9.17, 15) is 9.18 Å². The number of fused-ring (bicyclic) bond motifs is 3. The number of rotatable bonds is 1. The Kier molecular flexibility index (Phi) is 3.12. The van der Waals surface area contributed by atoms with Crippen LogP contribution in [0.1, 0.15) is 18.2 Å². The molecule has 20 heavy (non-hydrogen) atoms. The van der Waals surface area contributed by atoms with Gasteiger partial charge >= 0.3 is 6.03 Å². The number of nitrogens with one attached hydrogen (secondary N) is 1. The van der Waals surface area contributed by atoms with Gasteiger partial charge in [-0.15, -0.1) is 0 Å². The Morgan fingerprint density at radius 1 is 1.45 bits per heavy atom. The monoisotopic (exact) mass is 275 g/mol. The maximum Gasteiger partial charge on any atom is 0.317 e. The Labute approximate surface area is 117 Å². The SMILES string of the molecule is CCNC(=O)N1CCc2c(c3cc(F)ccc3n2C)C1. The molecule has 1 aromatic heterocycles. The number of halogens is 1. The largest absolute Gasteiger partial charge is 0.347 e. The molecule has 0 unspecified atom stereocenters. The number of benzene rings is 1. The first-order chi connectivity index (χ1) is 9.61. The van der Waals surface area contributed by atoms with Crippen LogP contribution in [0.5, 0.6) is 0 Å². The van der Waals surface area contributed by atoms with Crippen LogP contribution in [-0.4, -0.2) is 28.6 Å². The molecule has 0 spiro atoms. The Balaban J connectivity index is 2.04. The number of urea groups is 1. The number of nitrogens with zero attached hydrogens (tertiary/aromatic N) is 2. The zero-order valence-corrected chi connectivity index (χ0v) is 11.7. The van der Waals surface area contributed by atoms with Crippen molar-refractivity contribution in [3.8, 4) is 0 Å². The summed E-state index contributed by atoms with van der Waals surface area (Å²) in [6.07, 6.45) is 0.805. The standard InChI is InChI=1S/C15H18FN3O/c1-3-17-15(20)19-7-6-14-12(9-19)11-8-10(16)4-5-13(11)18(14)2/h4-5,8H,3,6-7,9H2,1-2H3,(H,17,20). The first-order valence-corrected chi connectivity index (χ1v) is 6.90. The summed E-state index contributed by atoms with van der Waals surface area (Å²) in [7, 11) is 2.00. The molecule has 1 aliphatic rings. The molecule has 5 heteroatoms. The summed E-state index contributed by atoms with van der Waals surface area (Å²) in [5.74, 6) is -0.235. The summed E-state index contributed by atoms with van der Waals surface area (Å²) in [6.45, 7) is 3.76. The van der Waals surface area contributed by atoms with Crippen molar-refractivity contribution in [2.75, 3.05) is 13.1 Å². The fraction of sp³-hybridized carbons (Fsp3) is 0.400. The molecule has 0 fully saturated rings. The predicted octanol–water partition coefficient (Wildman–Crippen LogP) is 2.41. The molecular formula is C15H18FN3O. The Morgan fingerprint density at radius 3 is 3.00 bits per heavy atom. The first-order valence-electron chi connectivity index (χ1n) is 6.90. The van der Waals surface area contributed by atoms with Crippen molar-refractivity contribution >= 4 is 16.9 Å². The van der Waals surface area contributed by atoms with Gasteiger partial charge in [0.15, 0.2) is 0 Å². The highest BCUT2D eigenvalue weighted by molar-refractivity contribution is 5.86. The van der Waals surface area contributed by atoms with Crippen LogP contribution in [0.4, 0.5) is 9.18 Å². The zero-order valence-electron chi connectivity index (χ0n) is 11.7. The molecule has 2 aromatic rings. The van der Waals surface area contributed by atoms with Crippen LogP contribution >= 0.6 is 0 Å². The van der Waals surface area contributed by atoms with Gasteiger partial charge in [-0.3, -0.25) is 0 Å². The van der Waals surface area contributed by atoms with Crippen molar-refractivity contribution in [3.63, 3.8) is 0 Å². The van der Waals surface area contributed by atoms with Crippen molar-refractivity contribution in [2.45, 2.75) is 19.9 Å². The minimum atomic E-state index is -0.235. The topological polar surface area (TPSA) is 37.3 Å². The molecule has 3 rings (SSSR count). The van der Waals surface area contributed by atoms with Crippen LogP contribution in [-0.2, 0) is 20.0 Å². The molecule has 0 atom stereocenters. The van der Waals surface area contributed by atoms with Crippen LogP contribution in [0.2, 0.25) is 0 Å². The number of carbonyl (C=O) groups excluding carboxylic acids is 1. The first kappa shape index (κ1) is 13.0. The quantitative estimate of drug-likeness (QED) is 0.852. The second-order valence-electron chi connectivity index (χ2n) is 5.15. The van der Waals surface area contributed by atoms with Crippen molar-refractivity contribution in [1.29, 1.82) is 0 Å². The molecule has 1 aromatic carbocycles. The van der Waals surface area contributed by atoms with Gasteiger partial charge in [0.25, 0.3) is 0 Å². The maximum absolute atomic E-state index is 13.5. The van der Waals surface area contributed by atoms with Crippen molar-refractivity contribution < 1.29 is 9.18 Å². The number of aromatic nitrogens is 1. The lowest BCUT2D eigenvalue weighted by Gasteiger charge is -2.28. The van der Waals surface area contributed by atoms with Gasteiger partial charge < -0.3 is 14.8 Å². The van der Waals surface area contributed by atoms with E-state index in [0.29, 0.717) is 19.6 Å². The molecule has 1 N–H and O–H groups in total. The van der Waals surface area contributed by atoms with Crippen LogP contribution in [0.15, 0.2) is 18.2 Å². The Hall–Kier alpha value is -2.04. The van der Waals surface area contributed by atoms with Crippen LogP contribution in [0.25, 0.3) is 10.9 Å². The predicted molar refractivity (Wildman–Crippen MR) is 76.1 cm³/mol.